The van der Waals surface area contributed by atoms with Gasteiger partial charge in [-0.3, -0.25) is 0 Å². The summed E-state index contributed by atoms with van der Waals surface area (Å²) in [4.78, 5) is 4.38. The van der Waals surface area contributed by atoms with Gasteiger partial charge in [0.05, 0.1) is 22.3 Å². The first-order valence-corrected chi connectivity index (χ1v) is 7.87. The van der Waals surface area contributed by atoms with Gasteiger partial charge in [0, 0.05) is 19.8 Å². The Morgan fingerprint density at radius 3 is 2.64 bits per heavy atom. The van der Waals surface area contributed by atoms with E-state index in [2.05, 4.69) is 10.3 Å². The average Bonchev–Trinajstić information content (AvgIpc) is 2.81. The molecule has 1 N–H and O–H groups in total. The van der Waals surface area contributed by atoms with Crippen LogP contribution in [0.4, 0.5) is 0 Å². The molecule has 1 aromatic carbocycles. The number of aryl methyl sites for hydroxylation is 2. The van der Waals surface area contributed by atoms with Crippen LogP contribution in [0, 0.1) is 13.8 Å². The van der Waals surface area contributed by atoms with Crippen molar-refractivity contribution >= 4 is 23.2 Å². The van der Waals surface area contributed by atoms with Crippen molar-refractivity contribution in [2.45, 2.75) is 32.9 Å². The van der Waals surface area contributed by atoms with Crippen LogP contribution in [0.25, 0.3) is 0 Å². The summed E-state index contributed by atoms with van der Waals surface area (Å²) in [6.07, 6.45) is 0.813. The highest BCUT2D eigenvalue weighted by Gasteiger charge is 2.14. The molecule has 22 heavy (non-hydrogen) atoms. The molecule has 6 heteroatoms. The molecule has 0 radical (unpaired) electrons. The Hall–Kier alpha value is -1.07. The van der Waals surface area contributed by atoms with Gasteiger partial charge in [0.2, 0.25) is 5.89 Å². The van der Waals surface area contributed by atoms with E-state index in [1.54, 1.807) is 13.2 Å². The molecule has 4 nitrogen and oxygen atoms in total. The number of methoxy groups -OCH3 is 1. The molecule has 0 spiro atoms. The number of ether oxygens (including phenoxy) is 1. The van der Waals surface area contributed by atoms with Crippen LogP contribution in [0.1, 0.15) is 35.4 Å². The van der Waals surface area contributed by atoms with E-state index in [1.165, 1.54) is 0 Å². The van der Waals surface area contributed by atoms with Crippen LogP contribution >= 0.6 is 23.2 Å². The van der Waals surface area contributed by atoms with Crippen LogP contribution in [0.15, 0.2) is 22.6 Å². The summed E-state index contributed by atoms with van der Waals surface area (Å²) >= 11 is 12.1. The van der Waals surface area contributed by atoms with Gasteiger partial charge in [0.15, 0.2) is 0 Å². The summed E-state index contributed by atoms with van der Waals surface area (Å²) in [7, 11) is 1.69. The van der Waals surface area contributed by atoms with Gasteiger partial charge in [-0.2, -0.15) is 0 Å². The third-order valence-electron chi connectivity index (χ3n) is 3.53. The smallest absolute Gasteiger partial charge is 0.208 e. The second-order valence-corrected chi connectivity index (χ2v) is 5.95. The Labute approximate surface area is 140 Å². The number of oxazole rings is 1. The van der Waals surface area contributed by atoms with E-state index < -0.39 is 0 Å². The Morgan fingerprint density at radius 1 is 1.27 bits per heavy atom. The molecular formula is C16H20Cl2N2O2. The van der Waals surface area contributed by atoms with Crippen molar-refractivity contribution in [3.8, 4) is 0 Å². The summed E-state index contributed by atoms with van der Waals surface area (Å²) < 4.78 is 10.8. The molecule has 2 rings (SSSR count). The lowest BCUT2D eigenvalue weighted by atomic mass is 10.0. The molecule has 0 saturated heterocycles. The molecule has 120 valence electrons. The maximum absolute atomic E-state index is 6.11. The average molecular weight is 343 g/mol. The molecule has 0 unspecified atom stereocenters. The predicted octanol–water partition coefficient (Wildman–Crippen LogP) is 4.47. The van der Waals surface area contributed by atoms with Crippen LogP contribution < -0.4 is 5.32 Å². The van der Waals surface area contributed by atoms with Crippen LogP contribution in [0.5, 0.6) is 0 Å². The third-order valence-corrected chi connectivity index (χ3v) is 4.27. The molecule has 0 bridgehead atoms. The lowest BCUT2D eigenvalue weighted by molar-refractivity contribution is 0.182. The predicted molar refractivity (Wildman–Crippen MR) is 88.5 cm³/mol. The first-order valence-electron chi connectivity index (χ1n) is 7.11. The monoisotopic (exact) mass is 342 g/mol. The van der Waals surface area contributed by atoms with Gasteiger partial charge in [-0.15, -0.1) is 0 Å². The topological polar surface area (TPSA) is 47.3 Å². The van der Waals surface area contributed by atoms with E-state index in [0.29, 0.717) is 29.1 Å². The summed E-state index contributed by atoms with van der Waals surface area (Å²) in [6.45, 7) is 5.03. The molecule has 1 heterocycles. The minimum absolute atomic E-state index is 0.0854. The van der Waals surface area contributed by atoms with E-state index in [0.717, 1.165) is 23.4 Å². The molecular weight excluding hydrogens is 323 g/mol. The number of benzene rings is 1. The maximum atomic E-state index is 6.11. The van der Waals surface area contributed by atoms with Crippen molar-refractivity contribution in [2.24, 2.45) is 0 Å². The van der Waals surface area contributed by atoms with Gasteiger partial charge >= 0.3 is 0 Å². The summed E-state index contributed by atoms with van der Waals surface area (Å²) in [6, 6.07) is 5.74. The molecule has 0 amide bonds. The van der Waals surface area contributed by atoms with Crippen molar-refractivity contribution in [1.29, 1.82) is 0 Å². The largest absolute Gasteiger partial charge is 0.444 e. The zero-order valence-corrected chi connectivity index (χ0v) is 14.5. The fourth-order valence-corrected chi connectivity index (χ4v) is 2.48. The van der Waals surface area contributed by atoms with E-state index in [-0.39, 0.29) is 6.04 Å². The fraction of sp³-hybridized carbons (Fsp3) is 0.438. The molecule has 1 atom stereocenters. The SMILES string of the molecule is COCC[C@H](NCc1nc(C)c(C)o1)c1ccc(Cl)c(Cl)c1. The van der Waals surface area contributed by atoms with Crippen molar-refractivity contribution in [3.63, 3.8) is 0 Å². The van der Waals surface area contributed by atoms with Crippen LogP contribution in [0.3, 0.4) is 0 Å². The molecule has 0 fully saturated rings. The summed E-state index contributed by atoms with van der Waals surface area (Å²) in [5.74, 6) is 1.53. The first-order chi connectivity index (χ1) is 10.5. The van der Waals surface area contributed by atoms with Crippen LogP contribution in [-0.2, 0) is 11.3 Å². The number of hydrogen-bond donors (Lipinski definition) is 1. The number of nitrogens with zero attached hydrogens (tertiary/aromatic N) is 1. The van der Waals surface area contributed by atoms with Gasteiger partial charge in [-0.1, -0.05) is 29.3 Å². The zero-order chi connectivity index (χ0) is 16.1. The third kappa shape index (κ3) is 4.46. The zero-order valence-electron chi connectivity index (χ0n) is 13.0. The highest BCUT2D eigenvalue weighted by Crippen LogP contribution is 2.27. The molecule has 0 aliphatic carbocycles. The number of hydrogen-bond acceptors (Lipinski definition) is 4. The Balaban J connectivity index is 2.09. The van der Waals surface area contributed by atoms with Gasteiger partial charge in [-0.25, -0.2) is 4.98 Å². The minimum atomic E-state index is 0.0854. The number of nitrogens with one attached hydrogen (secondary N) is 1. The molecule has 0 saturated carbocycles. The quantitative estimate of drug-likeness (QED) is 0.806. The fourth-order valence-electron chi connectivity index (χ4n) is 2.18. The highest BCUT2D eigenvalue weighted by atomic mass is 35.5. The van der Waals surface area contributed by atoms with E-state index in [4.69, 9.17) is 32.4 Å². The minimum Gasteiger partial charge on any atom is -0.444 e. The number of halogens is 2. The van der Waals surface area contributed by atoms with Gasteiger partial charge < -0.3 is 14.5 Å². The molecule has 0 aliphatic heterocycles. The standard InChI is InChI=1S/C16H20Cl2N2O2/c1-10-11(2)22-16(20-10)9-19-15(6-7-21-3)12-4-5-13(17)14(18)8-12/h4-5,8,15,19H,6-7,9H2,1-3H3/t15-/m0/s1. The lowest BCUT2D eigenvalue weighted by Gasteiger charge is -2.18. The first kappa shape index (κ1) is 17.3. The molecule has 1 aromatic heterocycles. The van der Waals surface area contributed by atoms with Gasteiger partial charge in [-0.05, 0) is 38.0 Å². The summed E-state index contributed by atoms with van der Waals surface area (Å²) in [5.41, 5.74) is 1.98. The highest BCUT2D eigenvalue weighted by molar-refractivity contribution is 6.42. The van der Waals surface area contributed by atoms with Gasteiger partial charge in [0.25, 0.3) is 0 Å². The van der Waals surface area contributed by atoms with Crippen LogP contribution in [-0.4, -0.2) is 18.7 Å². The van der Waals surface area contributed by atoms with Crippen LogP contribution in [0.2, 0.25) is 10.0 Å². The lowest BCUT2D eigenvalue weighted by Crippen LogP contribution is -2.22. The maximum Gasteiger partial charge on any atom is 0.208 e. The molecule has 0 aliphatic rings. The number of aromatic nitrogens is 1. The van der Waals surface area contributed by atoms with Crippen molar-refractivity contribution in [1.82, 2.24) is 10.3 Å². The normalized spacial score (nSPS) is 12.6. The molecule has 2 aromatic rings. The van der Waals surface area contributed by atoms with E-state index in [1.807, 2.05) is 26.0 Å². The van der Waals surface area contributed by atoms with E-state index in [9.17, 15) is 0 Å². The second-order valence-electron chi connectivity index (χ2n) is 5.14. The van der Waals surface area contributed by atoms with Crippen molar-refractivity contribution < 1.29 is 9.15 Å². The van der Waals surface area contributed by atoms with Crippen molar-refractivity contribution in [3.05, 3.63) is 51.2 Å². The Morgan fingerprint density at radius 2 is 2.05 bits per heavy atom. The second kappa shape index (κ2) is 7.97. The van der Waals surface area contributed by atoms with E-state index >= 15 is 0 Å². The summed E-state index contributed by atoms with van der Waals surface area (Å²) in [5, 5.41) is 4.53. The number of rotatable bonds is 7. The van der Waals surface area contributed by atoms with Crippen molar-refractivity contribution in [2.75, 3.05) is 13.7 Å². The van der Waals surface area contributed by atoms with Gasteiger partial charge in [0.1, 0.15) is 5.76 Å². The Bertz CT molecular complexity index is 609. The Kier molecular flexibility index (Phi) is 6.26.